The van der Waals surface area contributed by atoms with E-state index >= 15 is 0 Å². The molecule has 0 spiro atoms. The van der Waals surface area contributed by atoms with E-state index in [2.05, 4.69) is 15.5 Å². The van der Waals surface area contributed by atoms with E-state index in [0.29, 0.717) is 11.1 Å². The van der Waals surface area contributed by atoms with Crippen LogP contribution in [0, 0.1) is 0 Å². The molecule has 0 radical (unpaired) electrons. The number of thioether (sulfide) groups is 1. The van der Waals surface area contributed by atoms with Crippen molar-refractivity contribution in [2.24, 2.45) is 0 Å². The van der Waals surface area contributed by atoms with Gasteiger partial charge in [-0.3, -0.25) is 4.79 Å². The maximum absolute atomic E-state index is 13.1. The standard InChI is InChI=1S/C26H26N4O3S/c1-18(2)30(22-13-11-21(12-14-22)27-20-7-5-4-6-8-20)24(31)17-34-26-29-28-25(33-26)19-9-15-23(32-3)16-10-19/h4-16,18,27H,17H2,1-3H3. The third-order valence-electron chi connectivity index (χ3n) is 5.06. The Kier molecular flexibility index (Phi) is 7.49. The van der Waals surface area contributed by atoms with Gasteiger partial charge >= 0.3 is 0 Å². The van der Waals surface area contributed by atoms with E-state index < -0.39 is 0 Å². The Morgan fingerprint density at radius 2 is 1.65 bits per heavy atom. The number of carbonyl (C=O) groups excluding carboxylic acids is 1. The van der Waals surface area contributed by atoms with Crippen molar-refractivity contribution >= 4 is 34.7 Å². The van der Waals surface area contributed by atoms with E-state index in [1.54, 1.807) is 12.0 Å². The van der Waals surface area contributed by atoms with Crippen molar-refractivity contribution in [2.75, 3.05) is 23.1 Å². The third kappa shape index (κ3) is 5.77. The Morgan fingerprint density at radius 3 is 2.29 bits per heavy atom. The van der Waals surface area contributed by atoms with Gasteiger partial charge in [-0.25, -0.2) is 0 Å². The Bertz CT molecular complexity index is 1210. The summed E-state index contributed by atoms with van der Waals surface area (Å²) in [5.41, 5.74) is 3.59. The number of rotatable bonds is 9. The van der Waals surface area contributed by atoms with Crippen LogP contribution in [0.5, 0.6) is 5.75 Å². The zero-order valence-corrected chi connectivity index (χ0v) is 20.1. The molecule has 0 saturated carbocycles. The number of anilines is 3. The van der Waals surface area contributed by atoms with E-state index in [0.717, 1.165) is 28.4 Å². The smallest absolute Gasteiger partial charge is 0.277 e. The van der Waals surface area contributed by atoms with Crippen molar-refractivity contribution in [3.8, 4) is 17.2 Å². The number of para-hydroxylation sites is 1. The van der Waals surface area contributed by atoms with E-state index in [1.807, 2.05) is 92.7 Å². The fourth-order valence-corrected chi connectivity index (χ4v) is 4.06. The molecule has 4 rings (SSSR count). The lowest BCUT2D eigenvalue weighted by atomic mass is 10.2. The summed E-state index contributed by atoms with van der Waals surface area (Å²) in [5.74, 6) is 1.31. The highest BCUT2D eigenvalue weighted by molar-refractivity contribution is 7.99. The molecule has 0 fully saturated rings. The molecule has 34 heavy (non-hydrogen) atoms. The minimum Gasteiger partial charge on any atom is -0.497 e. The molecule has 0 saturated heterocycles. The summed E-state index contributed by atoms with van der Waals surface area (Å²) < 4.78 is 10.9. The minimum atomic E-state index is -0.0343. The highest BCUT2D eigenvalue weighted by Crippen LogP contribution is 2.27. The molecule has 4 aromatic rings. The lowest BCUT2D eigenvalue weighted by molar-refractivity contribution is -0.116. The average molecular weight is 475 g/mol. The molecule has 1 amide bonds. The van der Waals surface area contributed by atoms with Gasteiger partial charge in [0.2, 0.25) is 11.8 Å². The van der Waals surface area contributed by atoms with Crippen molar-refractivity contribution in [1.29, 1.82) is 0 Å². The SMILES string of the molecule is COc1ccc(-c2nnc(SCC(=O)N(c3ccc(Nc4ccccc4)cc3)C(C)C)o2)cc1. The van der Waals surface area contributed by atoms with E-state index in [9.17, 15) is 4.79 Å². The van der Waals surface area contributed by atoms with Gasteiger partial charge in [-0.2, -0.15) is 0 Å². The molecule has 0 aliphatic rings. The van der Waals surface area contributed by atoms with Crippen molar-refractivity contribution in [3.63, 3.8) is 0 Å². The van der Waals surface area contributed by atoms with Gasteiger partial charge in [0.05, 0.1) is 12.9 Å². The molecule has 0 bridgehead atoms. The summed E-state index contributed by atoms with van der Waals surface area (Å²) in [5, 5.41) is 11.9. The number of aromatic nitrogens is 2. The molecule has 0 unspecified atom stereocenters. The second-order valence-corrected chi connectivity index (χ2v) is 8.71. The molecule has 0 aliphatic carbocycles. The number of nitrogens with one attached hydrogen (secondary N) is 1. The molecular weight excluding hydrogens is 448 g/mol. The quantitative estimate of drug-likeness (QED) is 0.297. The lowest BCUT2D eigenvalue weighted by Crippen LogP contribution is -2.38. The molecule has 3 aromatic carbocycles. The molecule has 8 heteroatoms. The first-order chi connectivity index (χ1) is 16.5. The molecule has 7 nitrogen and oxygen atoms in total. The fraction of sp³-hybridized carbons (Fsp3) is 0.192. The number of amides is 1. The number of hydrogen-bond donors (Lipinski definition) is 1. The largest absolute Gasteiger partial charge is 0.497 e. The predicted molar refractivity (Wildman–Crippen MR) is 136 cm³/mol. The maximum Gasteiger partial charge on any atom is 0.277 e. The summed E-state index contributed by atoms with van der Waals surface area (Å²) in [4.78, 5) is 14.8. The van der Waals surface area contributed by atoms with Crippen LogP contribution >= 0.6 is 11.8 Å². The van der Waals surface area contributed by atoms with Crippen molar-refractivity contribution in [2.45, 2.75) is 25.1 Å². The monoisotopic (exact) mass is 474 g/mol. The molecule has 0 atom stereocenters. The van der Waals surface area contributed by atoms with Gasteiger partial charge in [0.15, 0.2) is 0 Å². The van der Waals surface area contributed by atoms with Gasteiger partial charge in [0, 0.05) is 28.7 Å². The second kappa shape index (κ2) is 10.9. The van der Waals surface area contributed by atoms with Crippen LogP contribution < -0.4 is 15.0 Å². The Labute approximate surface area is 203 Å². The van der Waals surface area contributed by atoms with Gasteiger partial charge < -0.3 is 19.4 Å². The minimum absolute atomic E-state index is 0.00132. The number of nitrogens with zero attached hydrogens (tertiary/aromatic N) is 3. The first kappa shape index (κ1) is 23.4. The summed E-state index contributed by atoms with van der Waals surface area (Å²) in [6, 6.07) is 25.1. The molecule has 0 aliphatic heterocycles. The highest BCUT2D eigenvalue weighted by Gasteiger charge is 2.20. The number of benzene rings is 3. The van der Waals surface area contributed by atoms with Crippen molar-refractivity contribution < 1.29 is 13.9 Å². The Morgan fingerprint density at radius 1 is 0.971 bits per heavy atom. The van der Waals surface area contributed by atoms with Crippen LogP contribution in [0.4, 0.5) is 17.1 Å². The van der Waals surface area contributed by atoms with Crippen LogP contribution in [0.3, 0.4) is 0 Å². The first-order valence-electron chi connectivity index (χ1n) is 10.9. The molecule has 174 valence electrons. The van der Waals surface area contributed by atoms with Gasteiger partial charge in [0.1, 0.15) is 5.75 Å². The zero-order valence-electron chi connectivity index (χ0n) is 19.3. The second-order valence-electron chi connectivity index (χ2n) is 7.79. The first-order valence-corrected chi connectivity index (χ1v) is 11.9. The lowest BCUT2D eigenvalue weighted by Gasteiger charge is -2.27. The predicted octanol–water partition coefficient (Wildman–Crippen LogP) is 6.02. The normalized spacial score (nSPS) is 10.8. The number of ether oxygens (including phenoxy) is 1. The summed E-state index contributed by atoms with van der Waals surface area (Å²) in [6.45, 7) is 3.99. The van der Waals surface area contributed by atoms with Crippen molar-refractivity contribution in [1.82, 2.24) is 10.2 Å². The molecule has 1 heterocycles. The zero-order chi connectivity index (χ0) is 23.9. The Balaban J connectivity index is 1.39. The molecule has 1 aromatic heterocycles. The number of hydrogen-bond acceptors (Lipinski definition) is 7. The van der Waals surface area contributed by atoms with Crippen LogP contribution in [-0.2, 0) is 4.79 Å². The van der Waals surface area contributed by atoms with E-state index in [-0.39, 0.29) is 17.7 Å². The topological polar surface area (TPSA) is 80.5 Å². The molecular formula is C26H26N4O3S. The van der Waals surface area contributed by atoms with Gasteiger partial charge in [0.25, 0.3) is 5.22 Å². The van der Waals surface area contributed by atoms with Gasteiger partial charge in [-0.1, -0.05) is 30.0 Å². The van der Waals surface area contributed by atoms with Crippen LogP contribution in [0.1, 0.15) is 13.8 Å². The number of carbonyl (C=O) groups is 1. The average Bonchev–Trinajstić information content (AvgIpc) is 3.34. The van der Waals surface area contributed by atoms with Gasteiger partial charge in [-0.15, -0.1) is 10.2 Å². The maximum atomic E-state index is 13.1. The van der Waals surface area contributed by atoms with Gasteiger partial charge in [-0.05, 0) is 74.5 Å². The van der Waals surface area contributed by atoms with Crippen LogP contribution in [0.2, 0.25) is 0 Å². The van der Waals surface area contributed by atoms with Crippen LogP contribution in [0.15, 0.2) is 88.5 Å². The third-order valence-corrected chi connectivity index (χ3v) is 5.86. The van der Waals surface area contributed by atoms with E-state index in [4.69, 9.17) is 9.15 Å². The number of methoxy groups -OCH3 is 1. The highest BCUT2D eigenvalue weighted by atomic mass is 32.2. The fourth-order valence-electron chi connectivity index (χ4n) is 3.44. The van der Waals surface area contributed by atoms with Crippen LogP contribution in [0.25, 0.3) is 11.5 Å². The van der Waals surface area contributed by atoms with E-state index in [1.165, 1.54) is 11.8 Å². The summed E-state index contributed by atoms with van der Waals surface area (Å²) >= 11 is 1.23. The Hall–Kier alpha value is -3.78. The molecule has 1 N–H and O–H groups in total. The summed E-state index contributed by atoms with van der Waals surface area (Å²) in [7, 11) is 1.61. The van der Waals surface area contributed by atoms with Crippen molar-refractivity contribution in [3.05, 3.63) is 78.9 Å². The summed E-state index contributed by atoms with van der Waals surface area (Å²) in [6.07, 6.45) is 0. The van der Waals surface area contributed by atoms with Crippen LogP contribution in [-0.4, -0.2) is 35.0 Å².